The minimum absolute atomic E-state index is 0.207. The quantitative estimate of drug-likeness (QED) is 0.494. The van der Waals surface area contributed by atoms with E-state index in [0.717, 1.165) is 0 Å². The van der Waals surface area contributed by atoms with E-state index in [0.29, 0.717) is 13.0 Å². The number of rotatable bonds is 1. The summed E-state index contributed by atoms with van der Waals surface area (Å²) in [6.45, 7) is 0.292. The molecule has 0 aliphatic carbocycles. The van der Waals surface area contributed by atoms with Gasteiger partial charge in [-0.25, -0.2) is 0 Å². The molecule has 1 fully saturated rings. The van der Waals surface area contributed by atoms with Crippen LogP contribution in [0.4, 0.5) is 0 Å². The van der Waals surface area contributed by atoms with Crippen molar-refractivity contribution in [2.45, 2.75) is 30.8 Å². The van der Waals surface area contributed by atoms with Crippen molar-refractivity contribution in [2.24, 2.45) is 0 Å². The Kier molecular flexibility index (Phi) is 4.32. The number of aliphatic hydroxyl groups is 3. The molecule has 6 heteroatoms. The fourth-order valence-electron chi connectivity index (χ4n) is 1.66. The molecule has 0 bridgehead atoms. The standard InChI is InChI=1S/C8H14NO4P/c1-9-4-6(10)8(12)7(11)5(9)2-3-14-13/h5-8,10-12H,2,4H2,1H3. The van der Waals surface area contributed by atoms with Crippen LogP contribution in [0.3, 0.4) is 0 Å². The Morgan fingerprint density at radius 1 is 1.43 bits per heavy atom. The normalized spacial score (nSPS) is 39.1. The van der Waals surface area contributed by atoms with Gasteiger partial charge in [0.15, 0.2) is 0 Å². The molecule has 0 aromatic heterocycles. The number of likely N-dealkylation sites (N-methyl/N-ethyl adjacent to an activating group) is 1. The zero-order valence-corrected chi connectivity index (χ0v) is 8.76. The molecular formula is C8H14NO4P. The molecule has 4 atom stereocenters. The average molecular weight is 219 g/mol. The van der Waals surface area contributed by atoms with E-state index in [9.17, 15) is 19.9 Å². The molecule has 5 nitrogen and oxygen atoms in total. The van der Waals surface area contributed by atoms with Gasteiger partial charge in [0.1, 0.15) is 0 Å². The first-order valence-electron chi connectivity index (χ1n) is 4.37. The fourth-order valence-corrected chi connectivity index (χ4v) is 1.92. The van der Waals surface area contributed by atoms with E-state index in [2.05, 4.69) is 5.63 Å². The van der Waals surface area contributed by atoms with Crippen LogP contribution in [0.5, 0.6) is 0 Å². The van der Waals surface area contributed by atoms with Gasteiger partial charge in [0.05, 0.1) is 0 Å². The number of hydrogen-bond acceptors (Lipinski definition) is 5. The molecule has 14 heavy (non-hydrogen) atoms. The van der Waals surface area contributed by atoms with Gasteiger partial charge in [-0.2, -0.15) is 0 Å². The molecule has 1 rings (SSSR count). The molecule has 1 aliphatic heterocycles. The van der Waals surface area contributed by atoms with Crippen molar-refractivity contribution in [1.29, 1.82) is 0 Å². The second-order valence-electron chi connectivity index (χ2n) is 3.51. The summed E-state index contributed by atoms with van der Waals surface area (Å²) in [5, 5.41) is 28.3. The van der Waals surface area contributed by atoms with Crippen molar-refractivity contribution in [3.63, 3.8) is 0 Å². The summed E-state index contributed by atoms with van der Waals surface area (Å²) in [6, 6.07) is -0.338. The van der Waals surface area contributed by atoms with Crippen LogP contribution in [0.2, 0.25) is 0 Å². The number of aliphatic hydroxyl groups excluding tert-OH is 3. The van der Waals surface area contributed by atoms with Gasteiger partial charge in [0.25, 0.3) is 0 Å². The molecule has 80 valence electrons. The van der Waals surface area contributed by atoms with Crippen molar-refractivity contribution in [1.82, 2.24) is 4.90 Å². The van der Waals surface area contributed by atoms with Crippen molar-refractivity contribution in [3.05, 3.63) is 0 Å². The summed E-state index contributed by atoms with van der Waals surface area (Å²) in [5.74, 6) is 0. The Bertz CT molecular complexity index is 291. The molecule has 1 heterocycles. The van der Waals surface area contributed by atoms with E-state index in [1.54, 1.807) is 11.9 Å². The van der Waals surface area contributed by atoms with Crippen LogP contribution in [0.25, 0.3) is 0 Å². The van der Waals surface area contributed by atoms with Crippen LogP contribution in [0.1, 0.15) is 6.42 Å². The average Bonchev–Trinajstić information content (AvgIpc) is 2.14. The monoisotopic (exact) mass is 219 g/mol. The Hall–Kier alpha value is -0.150. The fraction of sp³-hybridized carbons (Fsp3) is 0.875. The molecule has 0 aromatic carbocycles. The van der Waals surface area contributed by atoms with Crippen LogP contribution in [-0.4, -0.2) is 58.2 Å². The Labute approximate surface area is 83.5 Å². The summed E-state index contributed by atoms with van der Waals surface area (Å²) >= 11 is 0. The first-order valence-corrected chi connectivity index (χ1v) is 5.18. The Balaban J connectivity index is 2.71. The SMILES string of the molecule is CN1CC(O)C(O)C(O)C1CC#P=O. The van der Waals surface area contributed by atoms with Gasteiger partial charge in [-0.3, -0.25) is 0 Å². The van der Waals surface area contributed by atoms with Crippen LogP contribution in [0, 0.1) is 5.63 Å². The van der Waals surface area contributed by atoms with E-state index in [1.807, 2.05) is 0 Å². The van der Waals surface area contributed by atoms with Gasteiger partial charge in [-0.15, -0.1) is 0 Å². The predicted octanol–water partition coefficient (Wildman–Crippen LogP) is -0.976. The zero-order chi connectivity index (χ0) is 10.7. The third-order valence-corrected chi connectivity index (χ3v) is 2.86. The van der Waals surface area contributed by atoms with Gasteiger partial charge in [-0.05, 0) is 0 Å². The van der Waals surface area contributed by atoms with Crippen LogP contribution in [0.15, 0.2) is 0 Å². The molecule has 0 saturated carbocycles. The van der Waals surface area contributed by atoms with Crippen LogP contribution in [-0.2, 0) is 4.57 Å². The molecule has 1 saturated heterocycles. The molecule has 4 unspecified atom stereocenters. The summed E-state index contributed by atoms with van der Waals surface area (Å²) in [6.07, 6.45) is -2.80. The summed E-state index contributed by atoms with van der Waals surface area (Å²) in [4.78, 5) is 1.72. The summed E-state index contributed by atoms with van der Waals surface area (Å²) in [5.41, 5.74) is 2.54. The Morgan fingerprint density at radius 3 is 2.64 bits per heavy atom. The van der Waals surface area contributed by atoms with E-state index in [-0.39, 0.29) is 14.0 Å². The maximum absolute atomic E-state index is 10.2. The van der Waals surface area contributed by atoms with Crippen molar-refractivity contribution in [2.75, 3.05) is 13.6 Å². The maximum atomic E-state index is 10.2. The third-order valence-electron chi connectivity index (χ3n) is 2.54. The van der Waals surface area contributed by atoms with E-state index >= 15 is 0 Å². The van der Waals surface area contributed by atoms with Gasteiger partial charge in [0, 0.05) is 0 Å². The number of β-amino-alcohol motifs (C(OH)–C–C–N with tert-alkyl or cyclic N) is 1. The molecule has 1 aliphatic rings. The van der Waals surface area contributed by atoms with E-state index < -0.39 is 18.3 Å². The number of likely N-dealkylation sites (tertiary alicyclic amines) is 1. The molecule has 0 spiro atoms. The van der Waals surface area contributed by atoms with Gasteiger partial charge in [0.2, 0.25) is 0 Å². The van der Waals surface area contributed by atoms with Crippen molar-refractivity contribution < 1.29 is 19.9 Å². The number of hydrogen-bond donors (Lipinski definition) is 3. The summed E-state index contributed by atoms with van der Waals surface area (Å²) in [7, 11) is 1.52. The van der Waals surface area contributed by atoms with Crippen molar-refractivity contribution >= 4 is 7.92 Å². The summed E-state index contributed by atoms with van der Waals surface area (Å²) < 4.78 is 10.2. The van der Waals surface area contributed by atoms with E-state index in [1.165, 1.54) is 0 Å². The second kappa shape index (κ2) is 5.08. The first-order chi connectivity index (χ1) is 6.57. The molecule has 3 N–H and O–H groups in total. The number of nitrogens with zero attached hydrogens (tertiary/aromatic N) is 1. The van der Waals surface area contributed by atoms with Crippen molar-refractivity contribution in [3.8, 4) is 5.63 Å². The topological polar surface area (TPSA) is 81.0 Å². The van der Waals surface area contributed by atoms with E-state index in [4.69, 9.17) is 0 Å². The van der Waals surface area contributed by atoms with Crippen LogP contribution < -0.4 is 0 Å². The zero-order valence-electron chi connectivity index (χ0n) is 7.87. The molecule has 0 aromatic rings. The molecular weight excluding hydrogens is 205 g/mol. The molecule has 0 amide bonds. The Morgan fingerprint density at radius 2 is 2.07 bits per heavy atom. The van der Waals surface area contributed by atoms with Gasteiger partial charge < -0.3 is 0 Å². The van der Waals surface area contributed by atoms with Gasteiger partial charge >= 0.3 is 82.7 Å². The third kappa shape index (κ3) is 2.45. The predicted molar refractivity (Wildman–Crippen MR) is 50.5 cm³/mol. The second-order valence-corrected chi connectivity index (χ2v) is 4.01. The first kappa shape index (κ1) is 11.9. The minimum atomic E-state index is -1.14. The molecule has 0 radical (unpaired) electrons. The number of piperidine rings is 1. The van der Waals surface area contributed by atoms with Crippen LogP contribution >= 0.6 is 7.92 Å². The van der Waals surface area contributed by atoms with Gasteiger partial charge in [-0.1, -0.05) is 0 Å².